The predicted molar refractivity (Wildman–Crippen MR) is 85.8 cm³/mol. The van der Waals surface area contributed by atoms with E-state index in [0.717, 1.165) is 24.8 Å². The summed E-state index contributed by atoms with van der Waals surface area (Å²) in [5.41, 5.74) is 6.82. The van der Waals surface area contributed by atoms with Gasteiger partial charge in [0, 0.05) is 12.0 Å². The number of nitrogens with two attached hydrogens (primary N) is 1. The van der Waals surface area contributed by atoms with Crippen molar-refractivity contribution in [3.05, 3.63) is 35.9 Å². The van der Waals surface area contributed by atoms with Gasteiger partial charge in [-0.3, -0.25) is 4.79 Å². The van der Waals surface area contributed by atoms with E-state index in [1.54, 1.807) is 0 Å². The van der Waals surface area contributed by atoms with E-state index < -0.39 is 0 Å². The molecule has 21 heavy (non-hydrogen) atoms. The highest BCUT2D eigenvalue weighted by atomic mass is 16.3. The van der Waals surface area contributed by atoms with Crippen LogP contribution in [0.25, 0.3) is 0 Å². The van der Waals surface area contributed by atoms with Crippen LogP contribution < -0.4 is 11.1 Å². The van der Waals surface area contributed by atoms with Gasteiger partial charge in [0.05, 0.1) is 12.6 Å². The van der Waals surface area contributed by atoms with Crippen molar-refractivity contribution < 1.29 is 9.90 Å². The first kappa shape index (κ1) is 17.7. The van der Waals surface area contributed by atoms with Gasteiger partial charge >= 0.3 is 0 Å². The lowest BCUT2D eigenvalue weighted by Crippen LogP contribution is -2.41. The Hall–Kier alpha value is -1.39. The molecule has 4 N–H and O–H groups in total. The molecule has 0 saturated heterocycles. The van der Waals surface area contributed by atoms with E-state index in [9.17, 15) is 9.90 Å². The lowest BCUT2D eigenvalue weighted by Gasteiger charge is -2.19. The highest BCUT2D eigenvalue weighted by molar-refractivity contribution is 5.78. The fourth-order valence-corrected chi connectivity index (χ4v) is 2.28. The van der Waals surface area contributed by atoms with Gasteiger partial charge in [0.1, 0.15) is 0 Å². The zero-order valence-corrected chi connectivity index (χ0v) is 13.1. The monoisotopic (exact) mass is 292 g/mol. The summed E-state index contributed by atoms with van der Waals surface area (Å²) in [5.74, 6) is -0.0387. The molecular weight excluding hydrogens is 264 g/mol. The Balaban J connectivity index is 2.39. The first-order chi connectivity index (χ1) is 10.0. The molecule has 1 rings (SSSR count). The van der Waals surface area contributed by atoms with E-state index in [-0.39, 0.29) is 30.5 Å². The molecule has 0 aliphatic heterocycles. The van der Waals surface area contributed by atoms with Crippen molar-refractivity contribution in [2.45, 2.75) is 51.6 Å². The van der Waals surface area contributed by atoms with Crippen LogP contribution in [-0.4, -0.2) is 29.7 Å². The first-order valence-corrected chi connectivity index (χ1v) is 7.73. The zero-order chi connectivity index (χ0) is 15.7. The number of hydrogen-bond acceptors (Lipinski definition) is 3. The van der Waals surface area contributed by atoms with Crippen LogP contribution in [0, 0.1) is 5.92 Å². The van der Waals surface area contributed by atoms with E-state index in [4.69, 9.17) is 5.73 Å². The van der Waals surface area contributed by atoms with E-state index in [1.165, 1.54) is 0 Å². The standard InChI is InChI=1S/C17H28N2O2/c1-13(7-6-8-14(2)18)17(21)19-16(12-20)11-15-9-4-3-5-10-15/h3-5,9-10,13-14,16,20H,6-8,11-12,18H2,1-2H3,(H,19,21). The third kappa shape index (κ3) is 7.25. The molecule has 3 unspecified atom stereocenters. The Morgan fingerprint density at radius 3 is 2.48 bits per heavy atom. The number of benzene rings is 1. The molecule has 0 aromatic heterocycles. The number of amides is 1. The summed E-state index contributed by atoms with van der Waals surface area (Å²) < 4.78 is 0. The van der Waals surface area contributed by atoms with Crippen molar-refractivity contribution in [2.24, 2.45) is 11.7 Å². The summed E-state index contributed by atoms with van der Waals surface area (Å²) >= 11 is 0. The Morgan fingerprint density at radius 2 is 1.90 bits per heavy atom. The van der Waals surface area contributed by atoms with Crippen LogP contribution in [0.3, 0.4) is 0 Å². The zero-order valence-electron chi connectivity index (χ0n) is 13.1. The van der Waals surface area contributed by atoms with Gasteiger partial charge in [-0.25, -0.2) is 0 Å². The minimum Gasteiger partial charge on any atom is -0.394 e. The van der Waals surface area contributed by atoms with Crippen LogP contribution in [0.2, 0.25) is 0 Å². The second-order valence-electron chi connectivity index (χ2n) is 5.89. The first-order valence-electron chi connectivity index (χ1n) is 7.73. The molecule has 0 spiro atoms. The second-order valence-corrected chi connectivity index (χ2v) is 5.89. The van der Waals surface area contributed by atoms with Gasteiger partial charge in [-0.1, -0.05) is 43.7 Å². The van der Waals surface area contributed by atoms with Gasteiger partial charge in [0.15, 0.2) is 0 Å². The molecular formula is C17H28N2O2. The number of hydrogen-bond donors (Lipinski definition) is 3. The molecule has 0 aliphatic rings. The van der Waals surface area contributed by atoms with Gasteiger partial charge in [-0.15, -0.1) is 0 Å². The maximum absolute atomic E-state index is 12.1. The minimum atomic E-state index is -0.226. The summed E-state index contributed by atoms with van der Waals surface area (Å²) in [6.45, 7) is 3.85. The molecule has 0 aliphatic carbocycles. The second kappa shape index (κ2) is 9.53. The average Bonchev–Trinajstić information content (AvgIpc) is 2.47. The smallest absolute Gasteiger partial charge is 0.223 e. The quantitative estimate of drug-likeness (QED) is 0.650. The molecule has 1 aromatic carbocycles. The van der Waals surface area contributed by atoms with Crippen LogP contribution in [0.5, 0.6) is 0 Å². The number of rotatable bonds is 9. The molecule has 0 heterocycles. The Labute approximate surface area is 127 Å². The SMILES string of the molecule is CC(N)CCCC(C)C(=O)NC(CO)Cc1ccccc1. The summed E-state index contributed by atoms with van der Waals surface area (Å²) in [7, 11) is 0. The van der Waals surface area contributed by atoms with Gasteiger partial charge < -0.3 is 16.2 Å². The molecule has 0 saturated carbocycles. The number of aliphatic hydroxyl groups is 1. The third-order valence-electron chi connectivity index (χ3n) is 3.64. The Bertz CT molecular complexity index is 407. The number of aliphatic hydroxyl groups excluding tert-OH is 1. The molecule has 3 atom stereocenters. The van der Waals surface area contributed by atoms with Crippen molar-refractivity contribution in [2.75, 3.05) is 6.61 Å². The number of nitrogens with one attached hydrogen (secondary N) is 1. The van der Waals surface area contributed by atoms with Crippen LogP contribution in [0.1, 0.15) is 38.7 Å². The van der Waals surface area contributed by atoms with Gasteiger partial charge in [0.25, 0.3) is 0 Å². The van der Waals surface area contributed by atoms with Crippen LogP contribution in [0.15, 0.2) is 30.3 Å². The number of carbonyl (C=O) groups excluding carboxylic acids is 1. The van der Waals surface area contributed by atoms with E-state index in [0.29, 0.717) is 6.42 Å². The fraction of sp³-hybridized carbons (Fsp3) is 0.588. The highest BCUT2D eigenvalue weighted by Gasteiger charge is 2.17. The molecule has 1 amide bonds. The molecule has 4 nitrogen and oxygen atoms in total. The molecule has 0 bridgehead atoms. The molecule has 118 valence electrons. The highest BCUT2D eigenvalue weighted by Crippen LogP contribution is 2.10. The average molecular weight is 292 g/mol. The fourth-order valence-electron chi connectivity index (χ4n) is 2.28. The largest absolute Gasteiger partial charge is 0.394 e. The topological polar surface area (TPSA) is 75.4 Å². The van der Waals surface area contributed by atoms with Crippen LogP contribution in [0.4, 0.5) is 0 Å². The lowest BCUT2D eigenvalue weighted by atomic mass is 10.00. The molecule has 4 heteroatoms. The normalized spacial score (nSPS) is 15.2. The Kier molecular flexibility index (Phi) is 8.01. The Morgan fingerprint density at radius 1 is 1.24 bits per heavy atom. The summed E-state index contributed by atoms with van der Waals surface area (Å²) in [6, 6.07) is 9.84. The molecule has 1 aromatic rings. The maximum atomic E-state index is 12.1. The maximum Gasteiger partial charge on any atom is 0.223 e. The third-order valence-corrected chi connectivity index (χ3v) is 3.64. The van der Waals surface area contributed by atoms with Crippen LogP contribution >= 0.6 is 0 Å². The number of carbonyl (C=O) groups is 1. The van der Waals surface area contributed by atoms with Crippen LogP contribution in [-0.2, 0) is 11.2 Å². The summed E-state index contributed by atoms with van der Waals surface area (Å²) in [4.78, 5) is 12.1. The van der Waals surface area contributed by atoms with Crippen molar-refractivity contribution >= 4 is 5.91 Å². The molecule has 0 radical (unpaired) electrons. The lowest BCUT2D eigenvalue weighted by molar-refractivity contribution is -0.125. The van der Waals surface area contributed by atoms with Crippen molar-refractivity contribution in [3.8, 4) is 0 Å². The van der Waals surface area contributed by atoms with E-state index in [1.807, 2.05) is 44.2 Å². The molecule has 0 fully saturated rings. The van der Waals surface area contributed by atoms with Crippen molar-refractivity contribution in [1.82, 2.24) is 5.32 Å². The van der Waals surface area contributed by atoms with Gasteiger partial charge in [0.2, 0.25) is 5.91 Å². The van der Waals surface area contributed by atoms with Crippen molar-refractivity contribution in [1.29, 1.82) is 0 Å². The summed E-state index contributed by atoms with van der Waals surface area (Å²) in [5, 5.41) is 12.4. The van der Waals surface area contributed by atoms with Gasteiger partial charge in [-0.05, 0) is 31.7 Å². The van der Waals surface area contributed by atoms with E-state index >= 15 is 0 Å². The predicted octanol–water partition coefficient (Wildman–Crippen LogP) is 1.86. The minimum absolute atomic E-state index is 0.00894. The van der Waals surface area contributed by atoms with E-state index in [2.05, 4.69) is 5.32 Å². The van der Waals surface area contributed by atoms with Gasteiger partial charge in [-0.2, -0.15) is 0 Å². The summed E-state index contributed by atoms with van der Waals surface area (Å²) in [6.07, 6.45) is 3.37. The van der Waals surface area contributed by atoms with Crippen molar-refractivity contribution in [3.63, 3.8) is 0 Å².